The van der Waals surface area contributed by atoms with Crippen molar-refractivity contribution in [2.24, 2.45) is 5.92 Å². The number of carbonyl (C=O) groups excluding carboxylic acids is 1. The van der Waals surface area contributed by atoms with Crippen LogP contribution in [0, 0.1) is 16.0 Å². The summed E-state index contributed by atoms with van der Waals surface area (Å²) in [5.74, 6) is 0.301. The number of ether oxygens (including phenoxy) is 1. The SMILES string of the molecule is CC1CCCC(OCC(=O)Nc2ccc(Cl)c([N+](=O)[O-])c2)C1. The Labute approximate surface area is 133 Å². The topological polar surface area (TPSA) is 81.5 Å². The molecule has 1 fully saturated rings. The summed E-state index contributed by atoms with van der Waals surface area (Å²) in [6, 6.07) is 4.15. The number of rotatable bonds is 5. The van der Waals surface area contributed by atoms with Crippen LogP contribution in [0.1, 0.15) is 32.6 Å². The van der Waals surface area contributed by atoms with Crippen molar-refractivity contribution in [1.82, 2.24) is 0 Å². The molecule has 0 heterocycles. The van der Waals surface area contributed by atoms with E-state index in [1.165, 1.54) is 24.6 Å². The fraction of sp³-hybridized carbons (Fsp3) is 0.533. The van der Waals surface area contributed by atoms with Gasteiger partial charge in [-0.1, -0.05) is 31.4 Å². The molecule has 1 aromatic carbocycles. The van der Waals surface area contributed by atoms with Gasteiger partial charge >= 0.3 is 0 Å². The van der Waals surface area contributed by atoms with Crippen molar-refractivity contribution in [3.05, 3.63) is 33.3 Å². The number of halogens is 1. The lowest BCUT2D eigenvalue weighted by Gasteiger charge is -2.26. The maximum atomic E-state index is 11.9. The molecule has 6 nitrogen and oxygen atoms in total. The molecule has 22 heavy (non-hydrogen) atoms. The quantitative estimate of drug-likeness (QED) is 0.659. The first-order valence-electron chi connectivity index (χ1n) is 7.31. The molecule has 1 aliphatic carbocycles. The largest absolute Gasteiger partial charge is 0.368 e. The summed E-state index contributed by atoms with van der Waals surface area (Å²) < 4.78 is 5.62. The number of hydrogen-bond donors (Lipinski definition) is 1. The van der Waals surface area contributed by atoms with Gasteiger partial charge in [-0.25, -0.2) is 0 Å². The lowest BCUT2D eigenvalue weighted by Crippen LogP contribution is -2.26. The van der Waals surface area contributed by atoms with Gasteiger partial charge in [0.2, 0.25) is 5.91 Å². The van der Waals surface area contributed by atoms with Crippen LogP contribution < -0.4 is 5.32 Å². The summed E-state index contributed by atoms with van der Waals surface area (Å²) in [7, 11) is 0. The minimum absolute atomic E-state index is 0.0374. The van der Waals surface area contributed by atoms with E-state index in [1.807, 2.05) is 0 Å². The third kappa shape index (κ3) is 4.68. The van der Waals surface area contributed by atoms with Crippen molar-refractivity contribution in [2.45, 2.75) is 38.7 Å². The molecule has 0 saturated heterocycles. The minimum Gasteiger partial charge on any atom is -0.368 e. The van der Waals surface area contributed by atoms with Gasteiger partial charge in [-0.15, -0.1) is 0 Å². The van der Waals surface area contributed by atoms with Crippen molar-refractivity contribution < 1.29 is 14.5 Å². The highest BCUT2D eigenvalue weighted by molar-refractivity contribution is 6.32. The first kappa shape index (κ1) is 16.7. The summed E-state index contributed by atoms with van der Waals surface area (Å²) in [5, 5.41) is 13.4. The van der Waals surface area contributed by atoms with Gasteiger partial charge in [-0.05, 0) is 30.9 Å². The van der Waals surface area contributed by atoms with E-state index in [-0.39, 0.29) is 29.3 Å². The molecule has 0 radical (unpaired) electrons. The predicted molar refractivity (Wildman–Crippen MR) is 84.1 cm³/mol. The molecule has 1 saturated carbocycles. The molecule has 1 amide bonds. The van der Waals surface area contributed by atoms with E-state index in [0.29, 0.717) is 11.6 Å². The molecule has 0 aliphatic heterocycles. The highest BCUT2D eigenvalue weighted by atomic mass is 35.5. The second kappa shape index (κ2) is 7.56. The number of nitro groups is 1. The molecule has 0 spiro atoms. The minimum atomic E-state index is -0.585. The zero-order valence-electron chi connectivity index (χ0n) is 12.4. The number of carbonyl (C=O) groups is 1. The fourth-order valence-corrected chi connectivity index (χ4v) is 2.84. The van der Waals surface area contributed by atoms with Gasteiger partial charge in [-0.3, -0.25) is 14.9 Å². The standard InChI is InChI=1S/C15H19ClN2O4/c1-10-3-2-4-12(7-10)22-9-15(19)17-11-5-6-13(16)14(8-11)18(20)21/h5-6,8,10,12H,2-4,7,9H2,1H3,(H,17,19). The van der Waals surface area contributed by atoms with Crippen molar-refractivity contribution in [3.63, 3.8) is 0 Å². The Morgan fingerprint density at radius 3 is 2.95 bits per heavy atom. The molecule has 2 unspecified atom stereocenters. The number of nitrogens with one attached hydrogen (secondary N) is 1. The van der Waals surface area contributed by atoms with Gasteiger partial charge in [0, 0.05) is 11.8 Å². The van der Waals surface area contributed by atoms with Gasteiger partial charge in [-0.2, -0.15) is 0 Å². The Kier molecular flexibility index (Phi) is 5.74. The first-order chi connectivity index (χ1) is 10.5. The van der Waals surface area contributed by atoms with Crippen LogP contribution in [0.3, 0.4) is 0 Å². The number of benzene rings is 1. The number of nitro benzene ring substituents is 1. The molecule has 7 heteroatoms. The normalized spacial score (nSPS) is 21.4. The van der Waals surface area contributed by atoms with Crippen molar-refractivity contribution in [3.8, 4) is 0 Å². The summed E-state index contributed by atoms with van der Waals surface area (Å²) in [4.78, 5) is 22.1. The van der Waals surface area contributed by atoms with Crippen LogP contribution in [0.5, 0.6) is 0 Å². The average Bonchev–Trinajstić information content (AvgIpc) is 2.47. The van der Waals surface area contributed by atoms with Crippen LogP contribution in [0.2, 0.25) is 5.02 Å². The third-order valence-electron chi connectivity index (χ3n) is 3.77. The molecule has 1 aliphatic rings. The van der Waals surface area contributed by atoms with Crippen LogP contribution in [-0.2, 0) is 9.53 Å². The van der Waals surface area contributed by atoms with Crippen LogP contribution in [0.15, 0.2) is 18.2 Å². The lowest BCUT2D eigenvalue weighted by molar-refractivity contribution is -0.384. The second-order valence-electron chi connectivity index (χ2n) is 5.68. The highest BCUT2D eigenvalue weighted by Gasteiger charge is 2.20. The lowest BCUT2D eigenvalue weighted by atomic mass is 9.89. The Balaban J connectivity index is 1.86. The highest BCUT2D eigenvalue weighted by Crippen LogP contribution is 2.28. The van der Waals surface area contributed by atoms with E-state index >= 15 is 0 Å². The van der Waals surface area contributed by atoms with Crippen LogP contribution in [-0.4, -0.2) is 23.5 Å². The van der Waals surface area contributed by atoms with Gasteiger partial charge < -0.3 is 10.1 Å². The Hall–Kier alpha value is -1.66. The van der Waals surface area contributed by atoms with E-state index in [2.05, 4.69) is 12.2 Å². The van der Waals surface area contributed by atoms with Crippen LogP contribution >= 0.6 is 11.6 Å². The molecule has 120 valence electrons. The zero-order valence-corrected chi connectivity index (χ0v) is 13.1. The maximum absolute atomic E-state index is 11.9. The molecule has 2 atom stereocenters. The molecular weight excluding hydrogens is 308 g/mol. The second-order valence-corrected chi connectivity index (χ2v) is 6.08. The summed E-state index contributed by atoms with van der Waals surface area (Å²) >= 11 is 5.73. The van der Waals surface area contributed by atoms with Crippen molar-refractivity contribution in [1.29, 1.82) is 0 Å². The maximum Gasteiger partial charge on any atom is 0.289 e. The van der Waals surface area contributed by atoms with Crippen LogP contribution in [0.4, 0.5) is 11.4 Å². The Bertz CT molecular complexity index is 564. The molecule has 1 N–H and O–H groups in total. The molecule has 2 rings (SSSR count). The predicted octanol–water partition coefficient (Wildman–Crippen LogP) is 3.78. The monoisotopic (exact) mass is 326 g/mol. The van der Waals surface area contributed by atoms with Gasteiger partial charge in [0.05, 0.1) is 11.0 Å². The third-order valence-corrected chi connectivity index (χ3v) is 4.08. The molecular formula is C15H19ClN2O4. The van der Waals surface area contributed by atoms with Crippen molar-refractivity contribution >= 4 is 28.9 Å². The summed E-state index contributed by atoms with van der Waals surface area (Å²) in [6.07, 6.45) is 4.40. The molecule has 0 aromatic heterocycles. The molecule has 0 bridgehead atoms. The Morgan fingerprint density at radius 2 is 2.27 bits per heavy atom. The van der Waals surface area contributed by atoms with Gasteiger partial charge in [0.1, 0.15) is 11.6 Å². The number of anilines is 1. The first-order valence-corrected chi connectivity index (χ1v) is 7.69. The Morgan fingerprint density at radius 1 is 1.50 bits per heavy atom. The average molecular weight is 327 g/mol. The van der Waals surface area contributed by atoms with Crippen molar-refractivity contribution in [2.75, 3.05) is 11.9 Å². The van der Waals surface area contributed by atoms with E-state index < -0.39 is 4.92 Å². The van der Waals surface area contributed by atoms with Crippen LogP contribution in [0.25, 0.3) is 0 Å². The number of nitrogens with zero attached hydrogens (tertiary/aromatic N) is 1. The van der Waals surface area contributed by atoms with Gasteiger partial charge in [0.25, 0.3) is 5.69 Å². The van der Waals surface area contributed by atoms with E-state index in [4.69, 9.17) is 16.3 Å². The number of hydrogen-bond acceptors (Lipinski definition) is 4. The molecule has 1 aromatic rings. The smallest absolute Gasteiger partial charge is 0.289 e. The van der Waals surface area contributed by atoms with E-state index in [9.17, 15) is 14.9 Å². The fourth-order valence-electron chi connectivity index (χ4n) is 2.65. The van der Waals surface area contributed by atoms with E-state index in [0.717, 1.165) is 19.3 Å². The summed E-state index contributed by atoms with van der Waals surface area (Å²) in [6.45, 7) is 2.14. The zero-order chi connectivity index (χ0) is 16.1. The number of amides is 1. The van der Waals surface area contributed by atoms with Gasteiger partial charge in [0.15, 0.2) is 0 Å². The van der Waals surface area contributed by atoms with E-state index in [1.54, 1.807) is 0 Å². The summed E-state index contributed by atoms with van der Waals surface area (Å²) in [5.41, 5.74) is 0.100.